The minimum absolute atomic E-state index is 0.592. The van der Waals surface area contributed by atoms with Crippen molar-refractivity contribution in [3.8, 4) is 0 Å². The lowest BCUT2D eigenvalue weighted by Gasteiger charge is -2.25. The van der Waals surface area contributed by atoms with Gasteiger partial charge in [-0.25, -0.2) is 0 Å². The van der Waals surface area contributed by atoms with Crippen LogP contribution in [0.2, 0.25) is 0 Å². The van der Waals surface area contributed by atoms with Crippen LogP contribution in [0.25, 0.3) is 0 Å². The average molecular weight is 277 g/mol. The smallest absolute Gasteiger partial charge is 0.0235 e. The van der Waals surface area contributed by atoms with E-state index in [0.29, 0.717) is 10.8 Å². The molecule has 0 aromatic heterocycles. The van der Waals surface area contributed by atoms with Crippen LogP contribution in [0.3, 0.4) is 0 Å². The molecule has 3 aliphatic carbocycles. The van der Waals surface area contributed by atoms with Gasteiger partial charge >= 0.3 is 0 Å². The van der Waals surface area contributed by atoms with Crippen LogP contribution in [-0.2, 0) is 0 Å². The van der Waals surface area contributed by atoms with Crippen LogP contribution in [-0.4, -0.2) is 0 Å². The molecule has 0 heteroatoms. The van der Waals surface area contributed by atoms with Crippen LogP contribution in [0.1, 0.15) is 92.4 Å². The molecule has 0 aromatic rings. The van der Waals surface area contributed by atoms with Crippen molar-refractivity contribution < 1.29 is 0 Å². The summed E-state index contributed by atoms with van der Waals surface area (Å²) >= 11 is 0. The SMILES string of the molecule is CC1CCCC(C)(C)CCC2CC2C2(C)CC2(C)CC1. The molecule has 3 aliphatic rings. The third kappa shape index (κ3) is 2.69. The summed E-state index contributed by atoms with van der Waals surface area (Å²) in [6.07, 6.45) is 13.4. The largest absolute Gasteiger partial charge is 0.0625 e. The molecule has 116 valence electrons. The maximum atomic E-state index is 2.62. The lowest BCUT2D eigenvalue weighted by atomic mass is 9.81. The van der Waals surface area contributed by atoms with Crippen molar-refractivity contribution in [1.29, 1.82) is 0 Å². The van der Waals surface area contributed by atoms with E-state index in [9.17, 15) is 0 Å². The number of hydrogen-bond acceptors (Lipinski definition) is 0. The van der Waals surface area contributed by atoms with Crippen molar-refractivity contribution in [3.05, 3.63) is 0 Å². The molecule has 5 atom stereocenters. The molecule has 0 amide bonds. The summed E-state index contributed by atoms with van der Waals surface area (Å²) < 4.78 is 0. The second-order valence-corrected chi connectivity index (χ2v) is 10.00. The Morgan fingerprint density at radius 3 is 2.35 bits per heavy atom. The normalized spacial score (nSPS) is 51.8. The van der Waals surface area contributed by atoms with Gasteiger partial charge in [0.1, 0.15) is 0 Å². The van der Waals surface area contributed by atoms with Gasteiger partial charge in [-0.15, -0.1) is 0 Å². The van der Waals surface area contributed by atoms with Crippen molar-refractivity contribution in [2.75, 3.05) is 0 Å². The molecule has 0 aliphatic heterocycles. The van der Waals surface area contributed by atoms with E-state index < -0.39 is 0 Å². The Morgan fingerprint density at radius 1 is 0.850 bits per heavy atom. The zero-order valence-corrected chi connectivity index (χ0v) is 14.6. The Morgan fingerprint density at radius 2 is 1.60 bits per heavy atom. The van der Waals surface area contributed by atoms with Crippen LogP contribution >= 0.6 is 0 Å². The van der Waals surface area contributed by atoms with Gasteiger partial charge in [0, 0.05) is 0 Å². The Balaban J connectivity index is 1.68. The van der Waals surface area contributed by atoms with E-state index in [4.69, 9.17) is 0 Å². The Bertz CT molecular complexity index is 368. The highest BCUT2D eigenvalue weighted by Crippen LogP contribution is 2.76. The summed E-state index contributed by atoms with van der Waals surface area (Å²) in [5, 5.41) is 0. The standard InChI is InChI=1S/C20H36/c1-15-7-6-10-18(2,3)11-9-16-13-17(16)20(5)14-19(20,4)12-8-15/h15-17H,6-14H2,1-5H3. The second-order valence-electron chi connectivity index (χ2n) is 10.00. The highest BCUT2D eigenvalue weighted by Gasteiger charge is 2.68. The fourth-order valence-corrected chi connectivity index (χ4v) is 5.41. The molecule has 0 heterocycles. The second kappa shape index (κ2) is 4.75. The Hall–Kier alpha value is 0. The van der Waals surface area contributed by atoms with Crippen LogP contribution in [0.4, 0.5) is 0 Å². The number of hydrogen-bond donors (Lipinski definition) is 0. The van der Waals surface area contributed by atoms with E-state index in [1.165, 1.54) is 51.4 Å². The highest BCUT2D eigenvalue weighted by molar-refractivity contribution is 5.17. The predicted molar refractivity (Wildman–Crippen MR) is 87.7 cm³/mol. The molecule has 0 saturated heterocycles. The molecule has 3 saturated carbocycles. The summed E-state index contributed by atoms with van der Waals surface area (Å²) in [5.74, 6) is 3.11. The van der Waals surface area contributed by atoms with E-state index in [1.54, 1.807) is 6.42 Å². The van der Waals surface area contributed by atoms with Crippen molar-refractivity contribution in [2.24, 2.45) is 34.0 Å². The van der Waals surface area contributed by atoms with Crippen LogP contribution < -0.4 is 0 Å². The monoisotopic (exact) mass is 276 g/mol. The minimum Gasteiger partial charge on any atom is -0.0625 e. The maximum absolute atomic E-state index is 2.62. The minimum atomic E-state index is 0.592. The van der Waals surface area contributed by atoms with Gasteiger partial charge in [0.05, 0.1) is 0 Å². The van der Waals surface area contributed by atoms with Gasteiger partial charge in [-0.1, -0.05) is 53.9 Å². The van der Waals surface area contributed by atoms with Gasteiger partial charge in [0.25, 0.3) is 0 Å². The van der Waals surface area contributed by atoms with Crippen LogP contribution in [0.15, 0.2) is 0 Å². The third-order valence-corrected chi connectivity index (χ3v) is 7.68. The molecule has 0 radical (unpaired) electrons. The van der Waals surface area contributed by atoms with Gasteiger partial charge in [0.15, 0.2) is 0 Å². The van der Waals surface area contributed by atoms with Crippen molar-refractivity contribution in [3.63, 3.8) is 0 Å². The third-order valence-electron chi connectivity index (χ3n) is 7.68. The first kappa shape index (κ1) is 14.9. The molecule has 0 aromatic carbocycles. The van der Waals surface area contributed by atoms with E-state index in [0.717, 1.165) is 23.2 Å². The lowest BCUT2D eigenvalue weighted by molar-refractivity contribution is 0.268. The van der Waals surface area contributed by atoms with Crippen molar-refractivity contribution in [2.45, 2.75) is 92.4 Å². The molecule has 20 heavy (non-hydrogen) atoms. The van der Waals surface area contributed by atoms with Gasteiger partial charge in [-0.2, -0.15) is 0 Å². The fraction of sp³-hybridized carbons (Fsp3) is 1.00. The van der Waals surface area contributed by atoms with E-state index >= 15 is 0 Å². The van der Waals surface area contributed by atoms with E-state index in [2.05, 4.69) is 34.6 Å². The molecule has 0 N–H and O–H groups in total. The van der Waals surface area contributed by atoms with E-state index in [1.807, 2.05) is 0 Å². The van der Waals surface area contributed by atoms with Crippen LogP contribution in [0.5, 0.6) is 0 Å². The number of rotatable bonds is 0. The van der Waals surface area contributed by atoms with Gasteiger partial charge < -0.3 is 0 Å². The zero-order chi connectivity index (χ0) is 14.6. The van der Waals surface area contributed by atoms with E-state index in [-0.39, 0.29) is 0 Å². The number of fused-ring (bicyclic) bond motifs is 3. The first-order valence-corrected chi connectivity index (χ1v) is 9.26. The predicted octanol–water partition coefficient (Wildman–Crippen LogP) is 6.45. The molecular weight excluding hydrogens is 240 g/mol. The first-order chi connectivity index (χ1) is 9.26. The first-order valence-electron chi connectivity index (χ1n) is 9.26. The van der Waals surface area contributed by atoms with Crippen molar-refractivity contribution >= 4 is 0 Å². The van der Waals surface area contributed by atoms with Crippen LogP contribution in [0, 0.1) is 34.0 Å². The summed E-state index contributed by atoms with van der Waals surface area (Å²) in [7, 11) is 0. The molecule has 3 fully saturated rings. The van der Waals surface area contributed by atoms with Crippen molar-refractivity contribution in [1.82, 2.24) is 0 Å². The zero-order valence-electron chi connectivity index (χ0n) is 14.6. The lowest BCUT2D eigenvalue weighted by Crippen LogP contribution is -2.13. The topological polar surface area (TPSA) is 0 Å². The summed E-state index contributed by atoms with van der Waals surface area (Å²) in [6.45, 7) is 12.7. The molecule has 0 spiro atoms. The summed E-state index contributed by atoms with van der Waals surface area (Å²) in [6, 6.07) is 0. The summed E-state index contributed by atoms with van der Waals surface area (Å²) in [5.41, 5.74) is 2.01. The molecule has 3 rings (SSSR count). The molecular formula is C20H36. The maximum Gasteiger partial charge on any atom is -0.0235 e. The molecule has 0 nitrogen and oxygen atoms in total. The highest BCUT2D eigenvalue weighted by atomic mass is 14.7. The average Bonchev–Trinajstić information content (AvgIpc) is 3.22. The summed E-state index contributed by atoms with van der Waals surface area (Å²) in [4.78, 5) is 0. The fourth-order valence-electron chi connectivity index (χ4n) is 5.41. The van der Waals surface area contributed by atoms with Gasteiger partial charge in [0.2, 0.25) is 0 Å². The Kier molecular flexibility index (Phi) is 3.54. The van der Waals surface area contributed by atoms with Gasteiger partial charge in [-0.05, 0) is 72.5 Å². The molecule has 5 unspecified atom stereocenters. The van der Waals surface area contributed by atoms with Gasteiger partial charge in [-0.3, -0.25) is 0 Å². The molecule has 0 bridgehead atoms. The quantitative estimate of drug-likeness (QED) is 0.477. The Labute approximate surface area is 127 Å².